The molecule has 0 heterocycles. The van der Waals surface area contributed by atoms with Gasteiger partial charge in [-0.3, -0.25) is 4.79 Å². The predicted molar refractivity (Wildman–Crippen MR) is 81.5 cm³/mol. The van der Waals surface area contributed by atoms with Crippen LogP contribution in [0.4, 0.5) is 17.1 Å². The number of nitrogens with one attached hydrogen (secondary N) is 2. The highest BCUT2D eigenvalue weighted by Gasteiger charge is 2.09. The molecule has 0 radical (unpaired) electrons. The average molecular weight is 270 g/mol. The monoisotopic (exact) mass is 270 g/mol. The van der Waals surface area contributed by atoms with E-state index in [1.807, 2.05) is 54.6 Å². The number of carboxylic acid groups (broad SMARTS) is 1. The molecule has 4 nitrogen and oxygen atoms in total. The van der Waals surface area contributed by atoms with E-state index in [2.05, 4.69) is 10.6 Å². The third-order valence-corrected chi connectivity index (χ3v) is 2.98. The van der Waals surface area contributed by atoms with Crippen molar-refractivity contribution in [1.82, 2.24) is 0 Å². The summed E-state index contributed by atoms with van der Waals surface area (Å²) in [5, 5.41) is 15.2. The standard InChI is InChI=1S/C16H18N2O2/c1-12(16(19)20)11-17-13-7-9-15(10-8-13)18-14-5-3-2-4-6-14/h2-10,12,17-18H,11H2,1H3,(H,19,20). The summed E-state index contributed by atoms with van der Waals surface area (Å²) in [5.74, 6) is -1.20. The van der Waals surface area contributed by atoms with Gasteiger partial charge in [0.2, 0.25) is 0 Å². The van der Waals surface area contributed by atoms with E-state index in [1.54, 1.807) is 6.92 Å². The molecule has 0 aliphatic rings. The van der Waals surface area contributed by atoms with Crippen LogP contribution in [0.15, 0.2) is 54.6 Å². The van der Waals surface area contributed by atoms with Crippen LogP contribution in [0.5, 0.6) is 0 Å². The molecule has 0 aliphatic carbocycles. The summed E-state index contributed by atoms with van der Waals surface area (Å²) in [6.07, 6.45) is 0. The number of hydrogen-bond donors (Lipinski definition) is 3. The van der Waals surface area contributed by atoms with Gasteiger partial charge in [-0.1, -0.05) is 25.1 Å². The molecule has 0 aliphatic heterocycles. The Kier molecular flexibility index (Phi) is 4.60. The molecule has 2 aromatic rings. The van der Waals surface area contributed by atoms with Gasteiger partial charge in [-0.15, -0.1) is 0 Å². The smallest absolute Gasteiger partial charge is 0.308 e. The summed E-state index contributed by atoms with van der Waals surface area (Å²) in [5.41, 5.74) is 2.94. The molecule has 0 saturated carbocycles. The minimum atomic E-state index is -0.792. The van der Waals surface area contributed by atoms with E-state index in [0.717, 1.165) is 17.1 Å². The van der Waals surface area contributed by atoms with Gasteiger partial charge in [0, 0.05) is 23.6 Å². The largest absolute Gasteiger partial charge is 0.481 e. The Labute approximate surface area is 118 Å². The molecule has 2 rings (SSSR count). The van der Waals surface area contributed by atoms with Crippen LogP contribution in [-0.2, 0) is 4.79 Å². The van der Waals surface area contributed by atoms with Gasteiger partial charge < -0.3 is 15.7 Å². The van der Waals surface area contributed by atoms with Crippen molar-refractivity contribution in [1.29, 1.82) is 0 Å². The molecule has 0 fully saturated rings. The molecule has 0 aromatic heterocycles. The molecule has 1 atom stereocenters. The Bertz CT molecular complexity index is 552. The first kappa shape index (κ1) is 13.9. The van der Waals surface area contributed by atoms with Gasteiger partial charge >= 0.3 is 5.97 Å². The molecule has 2 aromatic carbocycles. The topological polar surface area (TPSA) is 61.4 Å². The fraction of sp³-hybridized carbons (Fsp3) is 0.188. The Morgan fingerprint density at radius 1 is 1.00 bits per heavy atom. The lowest BCUT2D eigenvalue weighted by Gasteiger charge is -2.11. The lowest BCUT2D eigenvalue weighted by molar-refractivity contribution is -0.140. The lowest BCUT2D eigenvalue weighted by atomic mass is 10.2. The zero-order valence-corrected chi connectivity index (χ0v) is 11.3. The summed E-state index contributed by atoms with van der Waals surface area (Å²) in [4.78, 5) is 10.7. The third-order valence-electron chi connectivity index (χ3n) is 2.98. The van der Waals surface area contributed by atoms with E-state index < -0.39 is 11.9 Å². The van der Waals surface area contributed by atoms with Crippen LogP contribution in [0.2, 0.25) is 0 Å². The average Bonchev–Trinajstić information content (AvgIpc) is 2.47. The molecule has 20 heavy (non-hydrogen) atoms. The van der Waals surface area contributed by atoms with Crippen LogP contribution in [0.25, 0.3) is 0 Å². The zero-order valence-electron chi connectivity index (χ0n) is 11.3. The quantitative estimate of drug-likeness (QED) is 0.751. The van der Waals surface area contributed by atoms with E-state index >= 15 is 0 Å². The summed E-state index contributed by atoms with van der Waals surface area (Å²) in [6.45, 7) is 2.10. The number of carbonyl (C=O) groups is 1. The number of anilines is 3. The second kappa shape index (κ2) is 6.61. The van der Waals surface area contributed by atoms with E-state index in [-0.39, 0.29) is 0 Å². The van der Waals surface area contributed by atoms with E-state index in [4.69, 9.17) is 5.11 Å². The van der Waals surface area contributed by atoms with Crippen LogP contribution in [0.1, 0.15) is 6.92 Å². The maximum Gasteiger partial charge on any atom is 0.308 e. The van der Waals surface area contributed by atoms with Gasteiger partial charge in [-0.2, -0.15) is 0 Å². The number of carboxylic acids is 1. The van der Waals surface area contributed by atoms with Gasteiger partial charge in [-0.05, 0) is 36.4 Å². The van der Waals surface area contributed by atoms with Gasteiger partial charge in [0.1, 0.15) is 0 Å². The number of rotatable bonds is 6. The van der Waals surface area contributed by atoms with Crippen molar-refractivity contribution in [2.75, 3.05) is 17.2 Å². The number of aliphatic carboxylic acids is 1. The maximum atomic E-state index is 10.7. The van der Waals surface area contributed by atoms with Crippen LogP contribution in [-0.4, -0.2) is 17.6 Å². The van der Waals surface area contributed by atoms with Gasteiger partial charge in [-0.25, -0.2) is 0 Å². The third kappa shape index (κ3) is 4.02. The zero-order chi connectivity index (χ0) is 14.4. The van der Waals surface area contributed by atoms with Crippen molar-refractivity contribution >= 4 is 23.0 Å². The molecular weight excluding hydrogens is 252 g/mol. The highest BCUT2D eigenvalue weighted by molar-refractivity contribution is 5.70. The van der Waals surface area contributed by atoms with Crippen LogP contribution in [0, 0.1) is 5.92 Å². The molecule has 0 spiro atoms. The molecule has 1 unspecified atom stereocenters. The fourth-order valence-corrected chi connectivity index (χ4v) is 1.72. The van der Waals surface area contributed by atoms with E-state index in [1.165, 1.54) is 0 Å². The van der Waals surface area contributed by atoms with Gasteiger partial charge in [0.15, 0.2) is 0 Å². The van der Waals surface area contributed by atoms with Gasteiger partial charge in [0.05, 0.1) is 5.92 Å². The minimum absolute atomic E-state index is 0.405. The molecule has 0 amide bonds. The first-order valence-electron chi connectivity index (χ1n) is 6.54. The Hall–Kier alpha value is -2.49. The van der Waals surface area contributed by atoms with E-state index in [0.29, 0.717) is 6.54 Å². The number of benzene rings is 2. The molecule has 4 heteroatoms. The van der Waals surface area contributed by atoms with Crippen molar-refractivity contribution in [3.8, 4) is 0 Å². The van der Waals surface area contributed by atoms with Crippen molar-refractivity contribution in [2.24, 2.45) is 5.92 Å². The summed E-state index contributed by atoms with van der Waals surface area (Å²) < 4.78 is 0. The molecule has 3 N–H and O–H groups in total. The molecular formula is C16H18N2O2. The normalized spacial score (nSPS) is 11.7. The van der Waals surface area contributed by atoms with Crippen LogP contribution < -0.4 is 10.6 Å². The molecule has 0 saturated heterocycles. The SMILES string of the molecule is CC(CNc1ccc(Nc2ccccc2)cc1)C(=O)O. The minimum Gasteiger partial charge on any atom is -0.481 e. The number of hydrogen-bond acceptors (Lipinski definition) is 3. The second-order valence-corrected chi connectivity index (χ2v) is 4.69. The second-order valence-electron chi connectivity index (χ2n) is 4.69. The lowest BCUT2D eigenvalue weighted by Crippen LogP contribution is -2.19. The Morgan fingerprint density at radius 3 is 2.15 bits per heavy atom. The maximum absolute atomic E-state index is 10.7. The Morgan fingerprint density at radius 2 is 1.55 bits per heavy atom. The van der Waals surface area contributed by atoms with Crippen molar-refractivity contribution in [3.05, 3.63) is 54.6 Å². The highest BCUT2D eigenvalue weighted by Crippen LogP contribution is 2.18. The van der Waals surface area contributed by atoms with Crippen molar-refractivity contribution in [3.63, 3.8) is 0 Å². The number of para-hydroxylation sites is 1. The summed E-state index contributed by atoms with van der Waals surface area (Å²) in [6, 6.07) is 17.7. The Balaban J connectivity index is 1.91. The van der Waals surface area contributed by atoms with Crippen molar-refractivity contribution in [2.45, 2.75) is 6.92 Å². The molecule has 0 bridgehead atoms. The highest BCUT2D eigenvalue weighted by atomic mass is 16.4. The predicted octanol–water partition coefficient (Wildman–Crippen LogP) is 3.56. The summed E-state index contributed by atoms with van der Waals surface area (Å²) in [7, 11) is 0. The van der Waals surface area contributed by atoms with Gasteiger partial charge in [0.25, 0.3) is 0 Å². The van der Waals surface area contributed by atoms with Crippen LogP contribution >= 0.6 is 0 Å². The summed E-state index contributed by atoms with van der Waals surface area (Å²) >= 11 is 0. The molecule has 104 valence electrons. The first-order chi connectivity index (χ1) is 9.65. The van der Waals surface area contributed by atoms with Crippen LogP contribution in [0.3, 0.4) is 0 Å². The van der Waals surface area contributed by atoms with Crippen molar-refractivity contribution < 1.29 is 9.90 Å². The first-order valence-corrected chi connectivity index (χ1v) is 6.54. The van der Waals surface area contributed by atoms with E-state index in [9.17, 15) is 4.79 Å². The fourth-order valence-electron chi connectivity index (χ4n) is 1.72.